The van der Waals surface area contributed by atoms with Gasteiger partial charge in [0.25, 0.3) is 0 Å². The smallest absolute Gasteiger partial charge is 0.208 e. The summed E-state index contributed by atoms with van der Waals surface area (Å²) in [4.78, 5) is 4.54. The third-order valence-corrected chi connectivity index (χ3v) is 3.70. The number of imidazole rings is 1. The van der Waals surface area contributed by atoms with Gasteiger partial charge in [-0.3, -0.25) is 4.57 Å². The average molecular weight is 354 g/mol. The molecule has 0 aliphatic heterocycles. The normalized spacial score (nSPS) is 12.2. The van der Waals surface area contributed by atoms with Crippen molar-refractivity contribution >= 4 is 21.9 Å². The number of methoxy groups -OCH3 is 2. The lowest BCUT2D eigenvalue weighted by Gasteiger charge is -2.16. The average Bonchev–Trinajstić information content (AvgIpc) is 2.80. The molecule has 0 fully saturated rings. The molecule has 1 atom stereocenters. The van der Waals surface area contributed by atoms with E-state index in [0.717, 1.165) is 27.6 Å². The first kappa shape index (κ1) is 15.9. The molecule has 0 spiro atoms. The minimum Gasteiger partial charge on any atom is -0.497 e. The summed E-state index contributed by atoms with van der Waals surface area (Å²) in [6, 6.07) is 6.02. The Hall–Kier alpha value is -1.53. The molecule has 1 N–H and O–H groups in total. The molecule has 5 nitrogen and oxygen atoms in total. The molecule has 1 unspecified atom stereocenters. The first-order chi connectivity index (χ1) is 10.0. The highest BCUT2D eigenvalue weighted by molar-refractivity contribution is 9.10. The molecule has 0 bridgehead atoms. The van der Waals surface area contributed by atoms with Crippen LogP contribution in [0, 0.1) is 6.92 Å². The first-order valence-corrected chi connectivity index (χ1v) is 7.49. The van der Waals surface area contributed by atoms with Crippen LogP contribution in [0.1, 0.15) is 12.6 Å². The second-order valence-electron chi connectivity index (χ2n) is 4.89. The van der Waals surface area contributed by atoms with Crippen molar-refractivity contribution in [3.63, 3.8) is 0 Å². The summed E-state index contributed by atoms with van der Waals surface area (Å²) in [6.07, 6.45) is 1.99. The molecule has 0 saturated carbocycles. The third-order valence-electron chi connectivity index (χ3n) is 3.03. The largest absolute Gasteiger partial charge is 0.497 e. The molecule has 2 rings (SSSR count). The maximum absolute atomic E-state index is 5.30. The molecule has 0 amide bonds. The number of rotatable bonds is 6. The van der Waals surface area contributed by atoms with Crippen LogP contribution >= 0.6 is 15.9 Å². The maximum atomic E-state index is 5.30. The van der Waals surface area contributed by atoms with E-state index < -0.39 is 0 Å². The molecule has 6 heteroatoms. The molecule has 1 aromatic carbocycles. The van der Waals surface area contributed by atoms with Crippen LogP contribution in [-0.2, 0) is 4.74 Å². The van der Waals surface area contributed by atoms with Gasteiger partial charge < -0.3 is 14.8 Å². The Morgan fingerprint density at radius 2 is 2.14 bits per heavy atom. The lowest BCUT2D eigenvalue weighted by atomic mass is 10.3. The summed E-state index contributed by atoms with van der Waals surface area (Å²) in [7, 11) is 3.35. The van der Waals surface area contributed by atoms with E-state index in [0.29, 0.717) is 6.61 Å². The number of benzene rings is 1. The van der Waals surface area contributed by atoms with E-state index >= 15 is 0 Å². The van der Waals surface area contributed by atoms with Gasteiger partial charge in [0.15, 0.2) is 0 Å². The number of ether oxygens (including phenoxy) is 2. The van der Waals surface area contributed by atoms with Crippen LogP contribution in [0.3, 0.4) is 0 Å². The molecule has 1 heterocycles. The Labute approximate surface area is 133 Å². The van der Waals surface area contributed by atoms with Crippen LogP contribution in [-0.4, -0.2) is 36.4 Å². The number of halogens is 1. The van der Waals surface area contributed by atoms with Gasteiger partial charge in [-0.25, -0.2) is 4.98 Å². The topological polar surface area (TPSA) is 48.3 Å². The van der Waals surface area contributed by atoms with Crippen molar-refractivity contribution in [2.45, 2.75) is 19.9 Å². The lowest BCUT2D eigenvalue weighted by molar-refractivity contribution is 0.190. The molecule has 0 aliphatic rings. The van der Waals surface area contributed by atoms with Crippen LogP contribution in [0.2, 0.25) is 0 Å². The Morgan fingerprint density at radius 1 is 1.38 bits per heavy atom. The van der Waals surface area contributed by atoms with Crippen molar-refractivity contribution < 1.29 is 9.47 Å². The number of nitrogens with zero attached hydrogens (tertiary/aromatic N) is 2. The van der Waals surface area contributed by atoms with Crippen LogP contribution in [0.25, 0.3) is 5.69 Å². The molecule has 0 aliphatic carbocycles. The van der Waals surface area contributed by atoms with Crippen LogP contribution in [0.4, 0.5) is 5.95 Å². The fraction of sp³-hybridized carbons (Fsp3) is 0.400. The number of aryl methyl sites for hydroxylation is 1. The molecule has 21 heavy (non-hydrogen) atoms. The van der Waals surface area contributed by atoms with Gasteiger partial charge in [-0.15, -0.1) is 0 Å². The van der Waals surface area contributed by atoms with Gasteiger partial charge in [0.05, 0.1) is 25.1 Å². The Kier molecular flexibility index (Phi) is 5.25. The highest BCUT2D eigenvalue weighted by Crippen LogP contribution is 2.28. The number of nitrogens with one attached hydrogen (secondary N) is 1. The zero-order chi connectivity index (χ0) is 15.4. The van der Waals surface area contributed by atoms with E-state index in [2.05, 4.69) is 33.2 Å². The zero-order valence-corrected chi connectivity index (χ0v) is 14.3. The van der Waals surface area contributed by atoms with E-state index in [-0.39, 0.29) is 6.04 Å². The van der Waals surface area contributed by atoms with Gasteiger partial charge in [-0.2, -0.15) is 0 Å². The molecular formula is C15H20BrN3O2. The van der Waals surface area contributed by atoms with E-state index in [1.54, 1.807) is 14.2 Å². The standard InChI is InChI=1S/C15H20BrN3O2/c1-10-8-19(15(17-10)18-11(2)9-20-3)14-7-12(21-4)5-6-13(14)16/h5-8,11H,9H2,1-4H3,(H,17,18). The minimum absolute atomic E-state index is 0.167. The Morgan fingerprint density at radius 3 is 2.81 bits per heavy atom. The fourth-order valence-corrected chi connectivity index (χ4v) is 2.54. The predicted molar refractivity (Wildman–Crippen MR) is 87.5 cm³/mol. The van der Waals surface area contributed by atoms with Crippen molar-refractivity contribution in [3.8, 4) is 11.4 Å². The maximum Gasteiger partial charge on any atom is 0.208 e. The van der Waals surface area contributed by atoms with Crippen molar-refractivity contribution in [3.05, 3.63) is 34.6 Å². The van der Waals surface area contributed by atoms with Gasteiger partial charge in [0.1, 0.15) is 5.75 Å². The van der Waals surface area contributed by atoms with Gasteiger partial charge in [0.2, 0.25) is 5.95 Å². The number of hydrogen-bond donors (Lipinski definition) is 1. The van der Waals surface area contributed by atoms with Crippen molar-refractivity contribution in [2.24, 2.45) is 0 Å². The zero-order valence-electron chi connectivity index (χ0n) is 12.7. The minimum atomic E-state index is 0.167. The van der Waals surface area contributed by atoms with E-state index in [9.17, 15) is 0 Å². The van der Waals surface area contributed by atoms with Crippen molar-refractivity contribution in [1.29, 1.82) is 0 Å². The third kappa shape index (κ3) is 3.77. The van der Waals surface area contributed by atoms with Crippen LogP contribution in [0.5, 0.6) is 5.75 Å². The molecular weight excluding hydrogens is 334 g/mol. The Balaban J connectivity index is 2.39. The molecule has 114 valence electrons. The number of hydrogen-bond acceptors (Lipinski definition) is 4. The first-order valence-electron chi connectivity index (χ1n) is 6.70. The Bertz CT molecular complexity index is 613. The van der Waals surface area contributed by atoms with Gasteiger partial charge in [-0.1, -0.05) is 0 Å². The molecule has 2 aromatic rings. The quantitative estimate of drug-likeness (QED) is 0.864. The van der Waals surface area contributed by atoms with Gasteiger partial charge in [0, 0.05) is 29.9 Å². The summed E-state index contributed by atoms with van der Waals surface area (Å²) >= 11 is 3.58. The monoisotopic (exact) mass is 353 g/mol. The van der Waals surface area contributed by atoms with Gasteiger partial charge >= 0.3 is 0 Å². The summed E-state index contributed by atoms with van der Waals surface area (Å²) in [5.41, 5.74) is 1.92. The van der Waals surface area contributed by atoms with E-state index in [4.69, 9.17) is 9.47 Å². The molecule has 1 aromatic heterocycles. The summed E-state index contributed by atoms with van der Waals surface area (Å²) in [5.74, 6) is 1.58. The predicted octanol–water partition coefficient (Wildman–Crippen LogP) is 3.40. The van der Waals surface area contributed by atoms with Crippen LogP contribution < -0.4 is 10.1 Å². The summed E-state index contributed by atoms with van der Waals surface area (Å²) in [6.45, 7) is 4.64. The second kappa shape index (κ2) is 6.95. The second-order valence-corrected chi connectivity index (χ2v) is 5.75. The van der Waals surface area contributed by atoms with E-state index in [1.165, 1.54) is 0 Å². The molecule has 0 saturated heterocycles. The highest BCUT2D eigenvalue weighted by Gasteiger charge is 2.13. The lowest BCUT2D eigenvalue weighted by Crippen LogP contribution is -2.22. The SMILES string of the molecule is COCC(C)Nc1nc(C)cn1-c1cc(OC)ccc1Br. The van der Waals surface area contributed by atoms with Crippen molar-refractivity contribution in [2.75, 3.05) is 26.1 Å². The fourth-order valence-electron chi connectivity index (χ4n) is 2.10. The van der Waals surface area contributed by atoms with E-state index in [1.807, 2.05) is 35.9 Å². The van der Waals surface area contributed by atoms with Crippen molar-refractivity contribution in [1.82, 2.24) is 9.55 Å². The summed E-state index contributed by atoms with van der Waals surface area (Å²) in [5, 5.41) is 3.36. The van der Waals surface area contributed by atoms with Crippen LogP contribution in [0.15, 0.2) is 28.9 Å². The van der Waals surface area contributed by atoms with Gasteiger partial charge in [-0.05, 0) is 41.9 Å². The number of aromatic nitrogens is 2. The molecule has 0 radical (unpaired) electrons. The summed E-state index contributed by atoms with van der Waals surface area (Å²) < 4.78 is 13.4. The highest BCUT2D eigenvalue weighted by atomic mass is 79.9. The number of anilines is 1.